The van der Waals surface area contributed by atoms with E-state index in [1.165, 1.54) is 23.3 Å². The highest BCUT2D eigenvalue weighted by Gasteiger charge is 2.45. The van der Waals surface area contributed by atoms with Crippen LogP contribution in [0.3, 0.4) is 0 Å². The van der Waals surface area contributed by atoms with Gasteiger partial charge in [0.1, 0.15) is 12.1 Å². The van der Waals surface area contributed by atoms with Gasteiger partial charge in [-0.3, -0.25) is 9.59 Å². The Morgan fingerprint density at radius 3 is 2.23 bits per heavy atom. The van der Waals surface area contributed by atoms with Crippen molar-refractivity contribution in [1.29, 1.82) is 0 Å². The number of benzene rings is 2. The van der Waals surface area contributed by atoms with Gasteiger partial charge < -0.3 is 15.3 Å². The first-order valence-electron chi connectivity index (χ1n) is 10.8. The summed E-state index contributed by atoms with van der Waals surface area (Å²) in [6, 6.07) is 13.6. The fourth-order valence-electron chi connectivity index (χ4n) is 4.75. The molecule has 6 heteroatoms. The van der Waals surface area contributed by atoms with Gasteiger partial charge in [-0.15, -0.1) is 0 Å². The summed E-state index contributed by atoms with van der Waals surface area (Å²) in [6.07, 6.45) is 2.15. The quantitative estimate of drug-likeness (QED) is 0.752. The first kappa shape index (κ1) is 21.1. The van der Waals surface area contributed by atoms with Crippen molar-refractivity contribution in [3.05, 3.63) is 70.8 Å². The molecule has 0 saturated carbocycles. The number of rotatable bonds is 6. The van der Waals surface area contributed by atoms with Crippen LogP contribution in [-0.2, 0) is 29.0 Å². The van der Waals surface area contributed by atoms with Gasteiger partial charge in [0, 0.05) is 6.54 Å². The number of carbonyl (C=O) groups excluding carboxylic acids is 2. The molecule has 0 aromatic heterocycles. The van der Waals surface area contributed by atoms with E-state index in [1.54, 1.807) is 17.0 Å². The third kappa shape index (κ3) is 4.33. The molecule has 0 radical (unpaired) electrons. The standard InChI is InChI=1S/C25H28N2O4/c1-15(2)11-21-23(28)26-22(20-12-18-5-3-4-6-19(18)13-20)24(29)27(21)14-16-7-9-17(10-8-16)25(30)31/h3-10,15,20-22H,11-14H2,1-2H3,(H,26,28)(H,30,31)/t21-,22-/m1/s1. The zero-order valence-electron chi connectivity index (χ0n) is 17.9. The molecule has 1 aliphatic carbocycles. The van der Waals surface area contributed by atoms with Crippen LogP contribution < -0.4 is 5.32 Å². The second kappa shape index (κ2) is 8.53. The van der Waals surface area contributed by atoms with Crippen molar-refractivity contribution in [1.82, 2.24) is 10.2 Å². The zero-order chi connectivity index (χ0) is 22.1. The van der Waals surface area contributed by atoms with Crippen LogP contribution in [0.2, 0.25) is 0 Å². The maximum atomic E-state index is 13.6. The molecule has 2 aromatic rings. The van der Waals surface area contributed by atoms with Crippen LogP contribution in [0.1, 0.15) is 47.3 Å². The minimum Gasteiger partial charge on any atom is -0.478 e. The largest absolute Gasteiger partial charge is 0.478 e. The predicted molar refractivity (Wildman–Crippen MR) is 116 cm³/mol. The van der Waals surface area contributed by atoms with Crippen LogP contribution in [0.5, 0.6) is 0 Å². The lowest BCUT2D eigenvalue weighted by atomic mass is 9.90. The highest BCUT2D eigenvalue weighted by molar-refractivity contribution is 5.97. The summed E-state index contributed by atoms with van der Waals surface area (Å²) in [7, 11) is 0. The number of aromatic carboxylic acids is 1. The third-order valence-electron chi connectivity index (χ3n) is 6.33. The van der Waals surface area contributed by atoms with Gasteiger partial charge in [-0.2, -0.15) is 0 Å². The van der Waals surface area contributed by atoms with Crippen molar-refractivity contribution >= 4 is 17.8 Å². The number of carboxylic acid groups (broad SMARTS) is 1. The first-order valence-corrected chi connectivity index (χ1v) is 10.8. The highest BCUT2D eigenvalue weighted by Crippen LogP contribution is 2.32. The van der Waals surface area contributed by atoms with Gasteiger partial charge in [0.25, 0.3) is 0 Å². The second-order valence-corrected chi connectivity index (χ2v) is 9.04. The Labute approximate surface area is 182 Å². The van der Waals surface area contributed by atoms with E-state index in [1.807, 2.05) is 26.0 Å². The summed E-state index contributed by atoms with van der Waals surface area (Å²) in [4.78, 5) is 39.5. The molecule has 2 amide bonds. The lowest BCUT2D eigenvalue weighted by molar-refractivity contribution is -0.152. The Kier molecular flexibility index (Phi) is 5.81. The first-order chi connectivity index (χ1) is 14.8. The molecule has 0 unspecified atom stereocenters. The van der Waals surface area contributed by atoms with E-state index < -0.39 is 18.1 Å². The molecule has 31 heavy (non-hydrogen) atoms. The topological polar surface area (TPSA) is 86.7 Å². The number of piperazine rings is 1. The van der Waals surface area contributed by atoms with E-state index in [2.05, 4.69) is 17.4 Å². The summed E-state index contributed by atoms with van der Waals surface area (Å²) in [6.45, 7) is 4.37. The van der Waals surface area contributed by atoms with E-state index in [-0.39, 0.29) is 29.2 Å². The number of nitrogens with zero attached hydrogens (tertiary/aromatic N) is 1. The summed E-state index contributed by atoms with van der Waals surface area (Å²) in [5.41, 5.74) is 3.51. The molecule has 2 aromatic carbocycles. The van der Waals surface area contributed by atoms with Crippen molar-refractivity contribution in [2.75, 3.05) is 0 Å². The molecular weight excluding hydrogens is 392 g/mol. The van der Waals surface area contributed by atoms with Gasteiger partial charge in [0.05, 0.1) is 5.56 Å². The molecule has 2 N–H and O–H groups in total. The molecule has 4 rings (SSSR count). The molecule has 2 aliphatic rings. The summed E-state index contributed by atoms with van der Waals surface area (Å²) in [5, 5.41) is 12.2. The van der Waals surface area contributed by atoms with Crippen LogP contribution in [-0.4, -0.2) is 39.9 Å². The number of fused-ring (bicyclic) bond motifs is 1. The summed E-state index contributed by atoms with van der Waals surface area (Å²) in [5.74, 6) is -0.834. The Hall–Kier alpha value is -3.15. The average Bonchev–Trinajstić information content (AvgIpc) is 3.17. The molecule has 0 bridgehead atoms. The molecule has 2 atom stereocenters. The molecule has 1 fully saturated rings. The monoisotopic (exact) mass is 420 g/mol. The van der Waals surface area contributed by atoms with E-state index in [0.29, 0.717) is 13.0 Å². The maximum Gasteiger partial charge on any atom is 0.335 e. The fourth-order valence-corrected chi connectivity index (χ4v) is 4.75. The molecular formula is C25H28N2O4. The fraction of sp³-hybridized carbons (Fsp3) is 0.400. The van der Waals surface area contributed by atoms with Crippen LogP contribution in [0.4, 0.5) is 0 Å². The molecule has 6 nitrogen and oxygen atoms in total. The molecule has 1 heterocycles. The predicted octanol–water partition coefficient (Wildman–Crippen LogP) is 3.04. The molecule has 1 aliphatic heterocycles. The van der Waals surface area contributed by atoms with E-state index in [0.717, 1.165) is 18.4 Å². The van der Waals surface area contributed by atoms with Gasteiger partial charge in [0.15, 0.2) is 0 Å². The minimum atomic E-state index is -0.987. The van der Waals surface area contributed by atoms with E-state index in [9.17, 15) is 14.4 Å². The third-order valence-corrected chi connectivity index (χ3v) is 6.33. The lowest BCUT2D eigenvalue weighted by Crippen LogP contribution is -2.65. The number of hydrogen-bond donors (Lipinski definition) is 2. The van der Waals surface area contributed by atoms with Gasteiger partial charge >= 0.3 is 5.97 Å². The van der Waals surface area contributed by atoms with Crippen molar-refractivity contribution in [2.45, 2.75) is 51.7 Å². The number of carbonyl (C=O) groups is 3. The normalized spacial score (nSPS) is 21.3. The van der Waals surface area contributed by atoms with Gasteiger partial charge in [-0.05, 0) is 59.9 Å². The van der Waals surface area contributed by atoms with Crippen LogP contribution in [0.25, 0.3) is 0 Å². The van der Waals surface area contributed by atoms with Crippen molar-refractivity contribution in [2.24, 2.45) is 11.8 Å². The van der Waals surface area contributed by atoms with Crippen molar-refractivity contribution in [3.8, 4) is 0 Å². The van der Waals surface area contributed by atoms with Crippen LogP contribution >= 0.6 is 0 Å². The van der Waals surface area contributed by atoms with Crippen molar-refractivity contribution < 1.29 is 19.5 Å². The van der Waals surface area contributed by atoms with Crippen LogP contribution in [0, 0.1) is 11.8 Å². The van der Waals surface area contributed by atoms with Crippen LogP contribution in [0.15, 0.2) is 48.5 Å². The smallest absolute Gasteiger partial charge is 0.335 e. The Morgan fingerprint density at radius 1 is 1.06 bits per heavy atom. The van der Waals surface area contributed by atoms with Crippen molar-refractivity contribution in [3.63, 3.8) is 0 Å². The van der Waals surface area contributed by atoms with E-state index in [4.69, 9.17) is 5.11 Å². The number of amides is 2. The Balaban J connectivity index is 1.58. The molecule has 0 spiro atoms. The second-order valence-electron chi connectivity index (χ2n) is 9.04. The summed E-state index contributed by atoms with van der Waals surface area (Å²) >= 11 is 0. The minimum absolute atomic E-state index is 0.0470. The number of nitrogens with one attached hydrogen (secondary N) is 1. The highest BCUT2D eigenvalue weighted by atomic mass is 16.4. The van der Waals surface area contributed by atoms with Gasteiger partial charge in [0.2, 0.25) is 11.8 Å². The number of hydrogen-bond acceptors (Lipinski definition) is 3. The SMILES string of the molecule is CC(C)C[C@@H]1C(=O)N[C@H](C2Cc3ccccc3C2)C(=O)N1Cc1ccc(C(=O)O)cc1. The maximum absolute atomic E-state index is 13.6. The average molecular weight is 421 g/mol. The zero-order valence-corrected chi connectivity index (χ0v) is 17.9. The lowest BCUT2D eigenvalue weighted by Gasteiger charge is -2.41. The van der Waals surface area contributed by atoms with Gasteiger partial charge in [-0.1, -0.05) is 50.2 Å². The molecule has 162 valence electrons. The van der Waals surface area contributed by atoms with Gasteiger partial charge in [-0.25, -0.2) is 4.79 Å². The summed E-state index contributed by atoms with van der Waals surface area (Å²) < 4.78 is 0. The Bertz CT molecular complexity index is 974. The van der Waals surface area contributed by atoms with E-state index >= 15 is 0 Å². The number of carboxylic acids is 1. The Morgan fingerprint density at radius 2 is 1.68 bits per heavy atom. The molecule has 1 saturated heterocycles.